The minimum absolute atomic E-state index is 0.0766. The third-order valence-corrected chi connectivity index (χ3v) is 5.25. The number of piperazine rings is 1. The van der Waals surface area contributed by atoms with Gasteiger partial charge in [-0.15, -0.1) is 0 Å². The van der Waals surface area contributed by atoms with E-state index in [9.17, 15) is 9.59 Å². The van der Waals surface area contributed by atoms with Crippen molar-refractivity contribution in [2.24, 2.45) is 0 Å². The molecular weight excluding hydrogens is 366 g/mol. The van der Waals surface area contributed by atoms with Gasteiger partial charge in [-0.2, -0.15) is 0 Å². The lowest BCUT2D eigenvalue weighted by molar-refractivity contribution is -0.122. The Morgan fingerprint density at radius 3 is 2.52 bits per heavy atom. The number of benzene rings is 1. The van der Waals surface area contributed by atoms with E-state index in [0.29, 0.717) is 55.3 Å². The van der Waals surface area contributed by atoms with Crippen LogP contribution in [0.4, 0.5) is 0 Å². The molecule has 1 saturated heterocycles. The third-order valence-electron chi connectivity index (χ3n) is 4.93. The van der Waals surface area contributed by atoms with Crippen molar-refractivity contribution in [3.05, 3.63) is 47.2 Å². The van der Waals surface area contributed by atoms with E-state index in [1.807, 2.05) is 18.2 Å². The smallest absolute Gasteiger partial charge is 0.289 e. The molecule has 1 saturated carbocycles. The van der Waals surface area contributed by atoms with Crippen LogP contribution in [0, 0.1) is 0 Å². The Hall–Kier alpha value is -2.31. The van der Waals surface area contributed by atoms with Crippen LogP contribution in [0.5, 0.6) is 0 Å². The van der Waals surface area contributed by atoms with Gasteiger partial charge in [0, 0.05) is 37.8 Å². The Kier molecular flexibility index (Phi) is 5.18. The van der Waals surface area contributed by atoms with Crippen molar-refractivity contribution in [2.45, 2.75) is 18.9 Å². The first-order chi connectivity index (χ1) is 13.1. The summed E-state index contributed by atoms with van der Waals surface area (Å²) >= 11 is 6.20. The molecule has 1 aliphatic heterocycles. The van der Waals surface area contributed by atoms with Crippen LogP contribution >= 0.6 is 11.6 Å². The minimum atomic E-state index is -0.129. The highest BCUT2D eigenvalue weighted by Gasteiger charge is 2.27. The first kappa shape index (κ1) is 18.1. The second-order valence-electron chi connectivity index (χ2n) is 7.05. The number of hydrogen-bond acceptors (Lipinski definition) is 4. The molecule has 0 bridgehead atoms. The summed E-state index contributed by atoms with van der Waals surface area (Å²) in [7, 11) is 0. The predicted molar refractivity (Wildman–Crippen MR) is 103 cm³/mol. The highest BCUT2D eigenvalue weighted by molar-refractivity contribution is 6.33. The van der Waals surface area contributed by atoms with Crippen LogP contribution in [-0.4, -0.2) is 60.4 Å². The maximum absolute atomic E-state index is 12.7. The fourth-order valence-electron chi connectivity index (χ4n) is 3.23. The van der Waals surface area contributed by atoms with Crippen LogP contribution in [0.1, 0.15) is 23.4 Å². The summed E-state index contributed by atoms with van der Waals surface area (Å²) in [5.74, 6) is 0.840. The van der Waals surface area contributed by atoms with Gasteiger partial charge in [0.05, 0.1) is 11.6 Å². The van der Waals surface area contributed by atoms with E-state index in [1.165, 1.54) is 0 Å². The number of halogens is 1. The Bertz CT molecular complexity index is 839. The number of carbonyl (C=O) groups is 2. The van der Waals surface area contributed by atoms with Gasteiger partial charge >= 0.3 is 0 Å². The average molecular weight is 388 g/mol. The van der Waals surface area contributed by atoms with Crippen molar-refractivity contribution in [2.75, 3.05) is 32.7 Å². The molecule has 1 N–H and O–H groups in total. The summed E-state index contributed by atoms with van der Waals surface area (Å²) in [6.45, 7) is 2.93. The Morgan fingerprint density at radius 1 is 1.07 bits per heavy atom. The van der Waals surface area contributed by atoms with Crippen molar-refractivity contribution >= 4 is 23.4 Å². The summed E-state index contributed by atoms with van der Waals surface area (Å²) in [5.41, 5.74) is 0.768. The zero-order chi connectivity index (χ0) is 18.8. The zero-order valence-electron chi connectivity index (χ0n) is 15.0. The van der Waals surface area contributed by atoms with Gasteiger partial charge in [-0.3, -0.25) is 14.5 Å². The molecule has 2 fully saturated rings. The summed E-state index contributed by atoms with van der Waals surface area (Å²) < 4.78 is 5.75. The second-order valence-corrected chi connectivity index (χ2v) is 7.46. The quantitative estimate of drug-likeness (QED) is 0.856. The number of rotatable bonds is 5. The van der Waals surface area contributed by atoms with Crippen LogP contribution < -0.4 is 5.32 Å². The standard InChI is InChI=1S/C20H22ClN3O3/c21-16-4-2-1-3-15(16)17-7-8-18(27-17)20(26)24-11-9-23(10-12-24)13-19(25)22-14-5-6-14/h1-4,7-8,14H,5-6,9-13H2,(H,22,25). The molecule has 0 spiro atoms. The molecule has 4 rings (SSSR count). The largest absolute Gasteiger partial charge is 0.451 e. The molecule has 7 heteroatoms. The lowest BCUT2D eigenvalue weighted by Crippen LogP contribution is -2.51. The second kappa shape index (κ2) is 7.74. The summed E-state index contributed by atoms with van der Waals surface area (Å²) in [5, 5.41) is 3.58. The van der Waals surface area contributed by atoms with Crippen molar-refractivity contribution in [3.8, 4) is 11.3 Å². The lowest BCUT2D eigenvalue weighted by atomic mass is 10.2. The van der Waals surface area contributed by atoms with Gasteiger partial charge in [-0.05, 0) is 37.1 Å². The highest BCUT2D eigenvalue weighted by atomic mass is 35.5. The van der Waals surface area contributed by atoms with Gasteiger partial charge in [0.2, 0.25) is 5.91 Å². The van der Waals surface area contributed by atoms with Crippen LogP contribution in [0.25, 0.3) is 11.3 Å². The number of nitrogens with zero attached hydrogens (tertiary/aromatic N) is 2. The maximum atomic E-state index is 12.7. The van der Waals surface area contributed by atoms with E-state index in [1.54, 1.807) is 23.1 Å². The number of amides is 2. The van der Waals surface area contributed by atoms with E-state index in [-0.39, 0.29) is 11.8 Å². The van der Waals surface area contributed by atoms with Crippen molar-refractivity contribution in [3.63, 3.8) is 0 Å². The monoisotopic (exact) mass is 387 g/mol. The van der Waals surface area contributed by atoms with Gasteiger partial charge in [0.25, 0.3) is 5.91 Å². The molecule has 2 aromatic rings. The van der Waals surface area contributed by atoms with Crippen LogP contribution in [0.15, 0.2) is 40.8 Å². The number of furan rings is 1. The molecule has 2 amide bonds. The minimum Gasteiger partial charge on any atom is -0.451 e. The molecule has 1 aromatic heterocycles. The Morgan fingerprint density at radius 2 is 1.81 bits per heavy atom. The number of hydrogen-bond donors (Lipinski definition) is 1. The molecule has 6 nitrogen and oxygen atoms in total. The number of nitrogens with one attached hydrogen (secondary N) is 1. The fourth-order valence-corrected chi connectivity index (χ4v) is 3.46. The summed E-state index contributed by atoms with van der Waals surface area (Å²) in [4.78, 5) is 28.5. The zero-order valence-corrected chi connectivity index (χ0v) is 15.7. The van der Waals surface area contributed by atoms with Gasteiger partial charge < -0.3 is 14.6 Å². The normalized spacial score (nSPS) is 17.7. The molecule has 27 heavy (non-hydrogen) atoms. The van der Waals surface area contributed by atoms with Crippen molar-refractivity contribution < 1.29 is 14.0 Å². The van der Waals surface area contributed by atoms with E-state index in [4.69, 9.17) is 16.0 Å². The highest BCUT2D eigenvalue weighted by Crippen LogP contribution is 2.29. The summed E-state index contributed by atoms with van der Waals surface area (Å²) in [6.07, 6.45) is 2.18. The van der Waals surface area contributed by atoms with E-state index in [0.717, 1.165) is 18.4 Å². The van der Waals surface area contributed by atoms with E-state index >= 15 is 0 Å². The van der Waals surface area contributed by atoms with Gasteiger partial charge in [-0.25, -0.2) is 0 Å². The lowest BCUT2D eigenvalue weighted by Gasteiger charge is -2.33. The molecule has 0 atom stereocenters. The molecule has 0 unspecified atom stereocenters. The first-order valence-electron chi connectivity index (χ1n) is 9.26. The molecule has 0 radical (unpaired) electrons. The average Bonchev–Trinajstić information content (AvgIpc) is 3.34. The van der Waals surface area contributed by atoms with Gasteiger partial charge in [0.1, 0.15) is 5.76 Å². The molecule has 1 aliphatic carbocycles. The molecule has 1 aromatic carbocycles. The van der Waals surface area contributed by atoms with Crippen LogP contribution in [-0.2, 0) is 4.79 Å². The molecular formula is C20H22ClN3O3. The topological polar surface area (TPSA) is 65.8 Å². The Labute approximate surface area is 163 Å². The van der Waals surface area contributed by atoms with Crippen LogP contribution in [0.2, 0.25) is 5.02 Å². The van der Waals surface area contributed by atoms with E-state index < -0.39 is 0 Å². The molecule has 142 valence electrons. The number of carbonyl (C=O) groups excluding carboxylic acids is 2. The SMILES string of the molecule is O=C(CN1CCN(C(=O)c2ccc(-c3ccccc3Cl)o2)CC1)NC1CC1. The van der Waals surface area contributed by atoms with Gasteiger partial charge in [0.15, 0.2) is 5.76 Å². The maximum Gasteiger partial charge on any atom is 0.289 e. The molecule has 2 heterocycles. The van der Waals surface area contributed by atoms with Crippen molar-refractivity contribution in [1.82, 2.24) is 15.1 Å². The van der Waals surface area contributed by atoms with Crippen LogP contribution in [0.3, 0.4) is 0 Å². The first-order valence-corrected chi connectivity index (χ1v) is 9.63. The van der Waals surface area contributed by atoms with Crippen molar-refractivity contribution in [1.29, 1.82) is 0 Å². The summed E-state index contributed by atoms with van der Waals surface area (Å²) in [6, 6.07) is 11.2. The predicted octanol–water partition coefficient (Wildman–Crippen LogP) is 2.64. The fraction of sp³-hybridized carbons (Fsp3) is 0.400. The molecule has 2 aliphatic rings. The third kappa shape index (κ3) is 4.34. The van der Waals surface area contributed by atoms with Gasteiger partial charge in [-0.1, -0.05) is 23.7 Å². The Balaban J connectivity index is 1.33. The van der Waals surface area contributed by atoms with E-state index in [2.05, 4.69) is 10.2 Å².